The Balaban J connectivity index is 1.78. The van der Waals surface area contributed by atoms with Crippen molar-refractivity contribution in [3.05, 3.63) is 60.1 Å². The summed E-state index contributed by atoms with van der Waals surface area (Å²) in [6.45, 7) is 3.97. The SMILES string of the molecule is CC(/C=C\c1ccco1)=NNC(=O)CNc1cccc(C)c1. The highest BCUT2D eigenvalue weighted by Gasteiger charge is 2.00. The van der Waals surface area contributed by atoms with E-state index in [1.54, 1.807) is 25.3 Å². The third kappa shape index (κ3) is 5.28. The number of carbonyl (C=O) groups is 1. The van der Waals surface area contributed by atoms with Crippen LogP contribution in [-0.4, -0.2) is 18.2 Å². The molecule has 0 aliphatic carbocycles. The number of hydrogen-bond donors (Lipinski definition) is 2. The fourth-order valence-corrected chi connectivity index (χ4v) is 1.75. The summed E-state index contributed by atoms with van der Waals surface area (Å²) in [6.07, 6.45) is 5.16. The normalized spacial score (nSPS) is 11.6. The van der Waals surface area contributed by atoms with Crippen molar-refractivity contribution in [1.29, 1.82) is 0 Å². The summed E-state index contributed by atoms with van der Waals surface area (Å²) in [7, 11) is 0. The summed E-state index contributed by atoms with van der Waals surface area (Å²) < 4.78 is 5.17. The second-order valence-corrected chi connectivity index (χ2v) is 4.86. The van der Waals surface area contributed by atoms with E-state index in [2.05, 4.69) is 15.8 Å². The van der Waals surface area contributed by atoms with Crippen LogP contribution in [0.3, 0.4) is 0 Å². The van der Waals surface area contributed by atoms with Crippen LogP contribution in [0.1, 0.15) is 18.2 Å². The zero-order chi connectivity index (χ0) is 15.8. The Hall–Kier alpha value is -2.82. The quantitative estimate of drug-likeness (QED) is 0.635. The highest BCUT2D eigenvalue weighted by Crippen LogP contribution is 2.08. The Bertz CT molecular complexity index is 673. The highest BCUT2D eigenvalue weighted by atomic mass is 16.3. The molecule has 5 nitrogen and oxygen atoms in total. The van der Waals surface area contributed by atoms with Crippen LogP contribution in [0.5, 0.6) is 0 Å². The Morgan fingerprint density at radius 2 is 2.18 bits per heavy atom. The largest absolute Gasteiger partial charge is 0.465 e. The number of anilines is 1. The molecule has 22 heavy (non-hydrogen) atoms. The third-order valence-electron chi connectivity index (χ3n) is 2.86. The maximum atomic E-state index is 11.7. The van der Waals surface area contributed by atoms with Crippen LogP contribution in [0.15, 0.2) is 58.3 Å². The van der Waals surface area contributed by atoms with E-state index in [4.69, 9.17) is 4.42 Å². The monoisotopic (exact) mass is 297 g/mol. The Kier molecular flexibility index (Phi) is 5.54. The van der Waals surface area contributed by atoms with Crippen LogP contribution in [0.2, 0.25) is 0 Å². The van der Waals surface area contributed by atoms with Crippen LogP contribution in [-0.2, 0) is 4.79 Å². The molecule has 0 spiro atoms. The van der Waals surface area contributed by atoms with Crippen molar-refractivity contribution < 1.29 is 9.21 Å². The van der Waals surface area contributed by atoms with Gasteiger partial charge in [0, 0.05) is 5.69 Å². The van der Waals surface area contributed by atoms with E-state index in [9.17, 15) is 4.79 Å². The van der Waals surface area contributed by atoms with Crippen LogP contribution in [0, 0.1) is 6.92 Å². The van der Waals surface area contributed by atoms with Crippen molar-refractivity contribution >= 4 is 23.4 Å². The molecule has 2 aromatic rings. The average Bonchev–Trinajstić information content (AvgIpc) is 3.02. The molecule has 0 saturated heterocycles. The first kappa shape index (κ1) is 15.6. The van der Waals surface area contributed by atoms with E-state index in [-0.39, 0.29) is 12.5 Å². The van der Waals surface area contributed by atoms with Gasteiger partial charge in [-0.15, -0.1) is 0 Å². The molecule has 0 aliphatic rings. The molecule has 2 rings (SSSR count). The molecule has 0 bridgehead atoms. The van der Waals surface area contributed by atoms with Crippen LogP contribution in [0.25, 0.3) is 6.08 Å². The third-order valence-corrected chi connectivity index (χ3v) is 2.86. The van der Waals surface area contributed by atoms with Gasteiger partial charge in [0.15, 0.2) is 0 Å². The smallest absolute Gasteiger partial charge is 0.259 e. The second-order valence-electron chi connectivity index (χ2n) is 4.86. The molecular weight excluding hydrogens is 278 g/mol. The van der Waals surface area contributed by atoms with E-state index in [1.165, 1.54) is 0 Å². The molecule has 0 atom stereocenters. The van der Waals surface area contributed by atoms with E-state index in [1.807, 2.05) is 43.3 Å². The van der Waals surface area contributed by atoms with Crippen molar-refractivity contribution in [2.24, 2.45) is 5.10 Å². The number of rotatable bonds is 6. The van der Waals surface area contributed by atoms with Gasteiger partial charge >= 0.3 is 0 Å². The van der Waals surface area contributed by atoms with Crippen LogP contribution >= 0.6 is 0 Å². The number of furan rings is 1. The molecule has 1 aromatic carbocycles. The van der Waals surface area contributed by atoms with Gasteiger partial charge in [-0.1, -0.05) is 12.1 Å². The minimum Gasteiger partial charge on any atom is -0.465 e. The van der Waals surface area contributed by atoms with Crippen LogP contribution in [0.4, 0.5) is 5.69 Å². The van der Waals surface area contributed by atoms with Gasteiger partial charge in [0.1, 0.15) is 5.76 Å². The maximum absolute atomic E-state index is 11.7. The van der Waals surface area contributed by atoms with Crippen molar-refractivity contribution in [2.75, 3.05) is 11.9 Å². The Labute approximate surface area is 129 Å². The number of hydrogen-bond acceptors (Lipinski definition) is 4. The fraction of sp³-hybridized carbons (Fsp3) is 0.176. The first-order valence-corrected chi connectivity index (χ1v) is 6.99. The van der Waals surface area contributed by atoms with E-state index in [0.29, 0.717) is 5.71 Å². The van der Waals surface area contributed by atoms with E-state index in [0.717, 1.165) is 17.0 Å². The standard InChI is InChI=1S/C17H19N3O2/c1-13-5-3-6-15(11-13)18-12-17(21)20-19-14(2)8-9-16-7-4-10-22-16/h3-11,18H,12H2,1-2H3,(H,20,21)/b9-8-,19-14?. The lowest BCUT2D eigenvalue weighted by atomic mass is 10.2. The average molecular weight is 297 g/mol. The molecule has 0 unspecified atom stereocenters. The van der Waals surface area contributed by atoms with Gasteiger partial charge in [0.25, 0.3) is 5.91 Å². The summed E-state index contributed by atoms with van der Waals surface area (Å²) >= 11 is 0. The molecule has 114 valence electrons. The Morgan fingerprint density at radius 3 is 2.91 bits per heavy atom. The number of nitrogens with one attached hydrogen (secondary N) is 2. The van der Waals surface area contributed by atoms with Crippen molar-refractivity contribution in [2.45, 2.75) is 13.8 Å². The van der Waals surface area contributed by atoms with Crippen LogP contribution < -0.4 is 10.7 Å². The lowest BCUT2D eigenvalue weighted by molar-refractivity contribution is -0.119. The van der Waals surface area contributed by atoms with Gasteiger partial charge < -0.3 is 9.73 Å². The molecule has 1 amide bonds. The number of nitrogens with zero attached hydrogens (tertiary/aromatic N) is 1. The summed E-state index contributed by atoms with van der Waals surface area (Å²) in [4.78, 5) is 11.7. The number of amides is 1. The first-order chi connectivity index (χ1) is 10.6. The zero-order valence-corrected chi connectivity index (χ0v) is 12.7. The molecule has 0 saturated carbocycles. The minimum absolute atomic E-state index is 0.169. The predicted molar refractivity (Wildman–Crippen MR) is 88.7 cm³/mol. The number of aryl methyl sites for hydroxylation is 1. The first-order valence-electron chi connectivity index (χ1n) is 6.99. The summed E-state index contributed by atoms with van der Waals surface area (Å²) in [6, 6.07) is 11.5. The molecule has 0 fully saturated rings. The lowest BCUT2D eigenvalue weighted by Gasteiger charge is -2.06. The second kappa shape index (κ2) is 7.83. The predicted octanol–water partition coefficient (Wildman–Crippen LogP) is 3.21. The molecule has 0 radical (unpaired) electrons. The molecule has 0 aliphatic heterocycles. The molecule has 1 aromatic heterocycles. The van der Waals surface area contributed by atoms with Gasteiger partial charge in [-0.3, -0.25) is 4.79 Å². The molecule has 5 heteroatoms. The molecule has 1 heterocycles. The van der Waals surface area contributed by atoms with E-state index >= 15 is 0 Å². The fourth-order valence-electron chi connectivity index (χ4n) is 1.75. The topological polar surface area (TPSA) is 66.6 Å². The minimum atomic E-state index is -0.202. The van der Waals surface area contributed by atoms with Crippen molar-refractivity contribution in [1.82, 2.24) is 5.43 Å². The summed E-state index contributed by atoms with van der Waals surface area (Å²) in [5.41, 5.74) is 5.23. The summed E-state index contributed by atoms with van der Waals surface area (Å²) in [5.74, 6) is 0.536. The van der Waals surface area contributed by atoms with Gasteiger partial charge in [0.05, 0.1) is 18.5 Å². The number of allylic oxidation sites excluding steroid dienone is 1. The highest BCUT2D eigenvalue weighted by molar-refractivity contribution is 5.96. The van der Waals surface area contributed by atoms with Crippen molar-refractivity contribution in [3.63, 3.8) is 0 Å². The Morgan fingerprint density at radius 1 is 1.32 bits per heavy atom. The van der Waals surface area contributed by atoms with Gasteiger partial charge in [0.2, 0.25) is 0 Å². The molecule has 2 N–H and O–H groups in total. The zero-order valence-electron chi connectivity index (χ0n) is 12.7. The number of benzene rings is 1. The maximum Gasteiger partial charge on any atom is 0.259 e. The number of carbonyl (C=O) groups excluding carboxylic acids is 1. The lowest BCUT2D eigenvalue weighted by Crippen LogP contribution is -2.26. The van der Waals surface area contributed by atoms with E-state index < -0.39 is 0 Å². The molecular formula is C17H19N3O2. The number of hydrazone groups is 1. The summed E-state index contributed by atoms with van der Waals surface area (Å²) in [5, 5.41) is 7.05. The van der Waals surface area contributed by atoms with Gasteiger partial charge in [-0.2, -0.15) is 5.10 Å². The van der Waals surface area contributed by atoms with Gasteiger partial charge in [-0.05, 0) is 55.8 Å². The van der Waals surface area contributed by atoms with Gasteiger partial charge in [-0.25, -0.2) is 5.43 Å². The van der Waals surface area contributed by atoms with Crippen molar-refractivity contribution in [3.8, 4) is 0 Å².